The number of rotatable bonds is 4. The molecule has 2 N–H and O–H groups in total. The first-order chi connectivity index (χ1) is 7.00. The molecule has 1 atom stereocenters. The number of halogens is 1. The first-order valence-electron chi connectivity index (χ1n) is 4.25. The second kappa shape index (κ2) is 5.27. The maximum atomic E-state index is 11.5. The standard InChI is InChI=1S/C9H10BrNO3S/c1-5(9(13)14)3-11-8(12)7-2-6(10)4-15-7/h2,4-5H,3H2,1H3,(H,11,12)(H,13,14). The fraction of sp³-hybridized carbons (Fsp3) is 0.333. The van der Waals surface area contributed by atoms with Gasteiger partial charge in [-0.2, -0.15) is 0 Å². The van der Waals surface area contributed by atoms with Gasteiger partial charge in [0.05, 0.1) is 10.8 Å². The first-order valence-corrected chi connectivity index (χ1v) is 5.93. The first kappa shape index (κ1) is 12.2. The summed E-state index contributed by atoms with van der Waals surface area (Å²) in [5.41, 5.74) is 0. The second-order valence-electron chi connectivity index (χ2n) is 3.08. The van der Waals surface area contributed by atoms with Gasteiger partial charge in [-0.15, -0.1) is 11.3 Å². The lowest BCUT2D eigenvalue weighted by Crippen LogP contribution is -2.30. The molecule has 1 aromatic heterocycles. The summed E-state index contributed by atoms with van der Waals surface area (Å²) in [5, 5.41) is 13.0. The number of carboxylic acids is 1. The zero-order valence-corrected chi connectivity index (χ0v) is 10.4. The van der Waals surface area contributed by atoms with Crippen molar-refractivity contribution in [2.45, 2.75) is 6.92 Å². The lowest BCUT2D eigenvalue weighted by Gasteiger charge is -2.06. The fourth-order valence-corrected chi connectivity index (χ4v) is 2.19. The Morgan fingerprint density at radius 3 is 2.80 bits per heavy atom. The molecule has 0 aliphatic carbocycles. The number of hydrogen-bond donors (Lipinski definition) is 2. The summed E-state index contributed by atoms with van der Waals surface area (Å²) >= 11 is 4.55. The van der Waals surface area contributed by atoms with E-state index in [4.69, 9.17) is 5.11 Å². The number of carboxylic acid groups (broad SMARTS) is 1. The highest BCUT2D eigenvalue weighted by molar-refractivity contribution is 9.10. The third-order valence-electron chi connectivity index (χ3n) is 1.78. The molecule has 15 heavy (non-hydrogen) atoms. The molecule has 0 fully saturated rings. The Bertz CT molecular complexity index is 377. The molecule has 1 aromatic rings. The van der Waals surface area contributed by atoms with Gasteiger partial charge in [0.1, 0.15) is 0 Å². The average Bonchev–Trinajstić information content (AvgIpc) is 2.60. The highest BCUT2D eigenvalue weighted by atomic mass is 79.9. The monoisotopic (exact) mass is 291 g/mol. The minimum atomic E-state index is -0.914. The molecule has 4 nitrogen and oxygen atoms in total. The molecule has 1 unspecified atom stereocenters. The van der Waals surface area contributed by atoms with E-state index < -0.39 is 11.9 Å². The van der Waals surface area contributed by atoms with E-state index in [1.165, 1.54) is 11.3 Å². The van der Waals surface area contributed by atoms with E-state index in [1.54, 1.807) is 18.4 Å². The molecule has 82 valence electrons. The van der Waals surface area contributed by atoms with Crippen LogP contribution in [0, 0.1) is 5.92 Å². The molecule has 1 amide bonds. The van der Waals surface area contributed by atoms with Crippen molar-refractivity contribution in [2.24, 2.45) is 5.92 Å². The van der Waals surface area contributed by atoms with Crippen LogP contribution in [0.25, 0.3) is 0 Å². The molecule has 0 spiro atoms. The Morgan fingerprint density at radius 2 is 2.33 bits per heavy atom. The van der Waals surface area contributed by atoms with Gasteiger partial charge in [0, 0.05) is 16.4 Å². The molecule has 0 bridgehead atoms. The summed E-state index contributed by atoms with van der Waals surface area (Å²) in [6.07, 6.45) is 0. The van der Waals surface area contributed by atoms with Crippen molar-refractivity contribution in [1.29, 1.82) is 0 Å². The molecule has 0 saturated heterocycles. The lowest BCUT2D eigenvalue weighted by molar-refractivity contribution is -0.140. The molecule has 0 aromatic carbocycles. The van der Waals surface area contributed by atoms with E-state index >= 15 is 0 Å². The Hall–Kier alpha value is -0.880. The van der Waals surface area contributed by atoms with Gasteiger partial charge in [0.2, 0.25) is 0 Å². The van der Waals surface area contributed by atoms with E-state index in [0.717, 1.165) is 4.47 Å². The number of carbonyl (C=O) groups excluding carboxylic acids is 1. The quantitative estimate of drug-likeness (QED) is 0.891. The van der Waals surface area contributed by atoms with Crippen LogP contribution in [0.15, 0.2) is 15.9 Å². The van der Waals surface area contributed by atoms with Crippen LogP contribution in [-0.2, 0) is 4.79 Å². The summed E-state index contributed by atoms with van der Waals surface area (Å²) in [6.45, 7) is 1.69. The van der Waals surface area contributed by atoms with Gasteiger partial charge < -0.3 is 10.4 Å². The number of amides is 1. The number of thiophene rings is 1. The minimum Gasteiger partial charge on any atom is -0.481 e. The number of nitrogens with one attached hydrogen (secondary N) is 1. The number of aliphatic carboxylic acids is 1. The van der Waals surface area contributed by atoms with Crippen LogP contribution in [-0.4, -0.2) is 23.5 Å². The molecular weight excluding hydrogens is 282 g/mol. The van der Waals surface area contributed by atoms with E-state index in [2.05, 4.69) is 21.2 Å². The maximum absolute atomic E-state index is 11.5. The largest absolute Gasteiger partial charge is 0.481 e. The van der Waals surface area contributed by atoms with Crippen LogP contribution in [0.5, 0.6) is 0 Å². The van der Waals surface area contributed by atoms with Crippen LogP contribution in [0.1, 0.15) is 16.6 Å². The highest BCUT2D eigenvalue weighted by Gasteiger charge is 2.13. The topological polar surface area (TPSA) is 66.4 Å². The van der Waals surface area contributed by atoms with Crippen molar-refractivity contribution < 1.29 is 14.7 Å². The van der Waals surface area contributed by atoms with E-state index in [9.17, 15) is 9.59 Å². The third kappa shape index (κ3) is 3.64. The zero-order chi connectivity index (χ0) is 11.4. The molecule has 6 heteroatoms. The van der Waals surface area contributed by atoms with Crippen molar-refractivity contribution in [3.05, 3.63) is 20.8 Å². The lowest BCUT2D eigenvalue weighted by atomic mass is 10.2. The number of carbonyl (C=O) groups is 2. The summed E-state index contributed by atoms with van der Waals surface area (Å²) in [5.74, 6) is -1.72. The smallest absolute Gasteiger partial charge is 0.308 e. The number of hydrogen-bond acceptors (Lipinski definition) is 3. The van der Waals surface area contributed by atoms with Crippen molar-refractivity contribution in [1.82, 2.24) is 5.32 Å². The normalized spacial score (nSPS) is 12.1. The van der Waals surface area contributed by atoms with Crippen molar-refractivity contribution in [3.63, 3.8) is 0 Å². The van der Waals surface area contributed by atoms with Crippen molar-refractivity contribution in [2.75, 3.05) is 6.54 Å². The van der Waals surface area contributed by atoms with E-state index in [-0.39, 0.29) is 12.5 Å². The van der Waals surface area contributed by atoms with E-state index in [0.29, 0.717) is 4.88 Å². The molecule has 0 aliphatic rings. The van der Waals surface area contributed by atoms with Crippen LogP contribution in [0.2, 0.25) is 0 Å². The minimum absolute atomic E-state index is 0.143. The molecule has 1 heterocycles. The van der Waals surface area contributed by atoms with Crippen LogP contribution < -0.4 is 5.32 Å². The molecule has 1 rings (SSSR count). The fourth-order valence-electron chi connectivity index (χ4n) is 0.852. The molecular formula is C9H10BrNO3S. The van der Waals surface area contributed by atoms with Gasteiger partial charge in [-0.05, 0) is 22.0 Å². The molecule has 0 aliphatic heterocycles. The summed E-state index contributed by atoms with van der Waals surface area (Å²) in [4.78, 5) is 22.5. The van der Waals surface area contributed by atoms with Crippen molar-refractivity contribution in [3.8, 4) is 0 Å². The summed E-state index contributed by atoms with van der Waals surface area (Å²) < 4.78 is 0.851. The van der Waals surface area contributed by atoms with Gasteiger partial charge in [-0.25, -0.2) is 0 Å². The maximum Gasteiger partial charge on any atom is 0.308 e. The molecule has 0 radical (unpaired) electrons. The predicted molar refractivity (Wildman–Crippen MR) is 61.2 cm³/mol. The van der Waals surface area contributed by atoms with E-state index in [1.807, 2.05) is 0 Å². The predicted octanol–water partition coefficient (Wildman–Crippen LogP) is 1.96. The SMILES string of the molecule is CC(CNC(=O)c1cc(Br)cs1)C(=O)O. The van der Waals surface area contributed by atoms with Crippen LogP contribution in [0.4, 0.5) is 0 Å². The van der Waals surface area contributed by atoms with Crippen LogP contribution in [0.3, 0.4) is 0 Å². The highest BCUT2D eigenvalue weighted by Crippen LogP contribution is 2.19. The second-order valence-corrected chi connectivity index (χ2v) is 4.91. The Morgan fingerprint density at radius 1 is 1.67 bits per heavy atom. The summed E-state index contributed by atoms with van der Waals surface area (Å²) in [7, 11) is 0. The zero-order valence-electron chi connectivity index (χ0n) is 7.99. The third-order valence-corrected chi connectivity index (χ3v) is 3.47. The summed E-state index contributed by atoms with van der Waals surface area (Å²) in [6, 6.07) is 1.70. The van der Waals surface area contributed by atoms with Gasteiger partial charge in [0.25, 0.3) is 5.91 Å². The van der Waals surface area contributed by atoms with Crippen LogP contribution >= 0.6 is 27.3 Å². The van der Waals surface area contributed by atoms with Gasteiger partial charge in [-0.3, -0.25) is 9.59 Å². The van der Waals surface area contributed by atoms with Gasteiger partial charge in [-0.1, -0.05) is 6.92 Å². The van der Waals surface area contributed by atoms with Gasteiger partial charge in [0.15, 0.2) is 0 Å². The Kier molecular flexibility index (Phi) is 4.28. The average molecular weight is 292 g/mol. The Labute approximate surface area is 99.4 Å². The molecule has 0 saturated carbocycles. The van der Waals surface area contributed by atoms with Crippen molar-refractivity contribution >= 4 is 39.1 Å². The Balaban J connectivity index is 2.47. The van der Waals surface area contributed by atoms with Gasteiger partial charge >= 0.3 is 5.97 Å².